The predicted octanol–water partition coefficient (Wildman–Crippen LogP) is 13.1. The van der Waals surface area contributed by atoms with Gasteiger partial charge in [0.05, 0.1) is 51.1 Å². The van der Waals surface area contributed by atoms with Gasteiger partial charge in [0.1, 0.15) is 70.5 Å². The molecular formula is C62H54N10O6. The predicted molar refractivity (Wildman–Crippen MR) is 294 cm³/mol. The molecule has 1 aliphatic rings. The summed E-state index contributed by atoms with van der Waals surface area (Å²) in [4.78, 5) is 0. The number of hydrogen-bond donors (Lipinski definition) is 2. The molecule has 0 fully saturated rings. The van der Waals surface area contributed by atoms with Gasteiger partial charge in [-0.05, 0) is 81.9 Å². The maximum Gasteiger partial charge on any atom is 0.146 e. The molecule has 0 aliphatic heterocycles. The fourth-order valence-electron chi connectivity index (χ4n) is 9.61. The average molecular weight is 1040 g/mol. The van der Waals surface area contributed by atoms with Crippen molar-refractivity contribution >= 4 is 22.7 Å². The second-order valence-electron chi connectivity index (χ2n) is 18.9. The van der Waals surface area contributed by atoms with Crippen LogP contribution in [0.15, 0.2) is 203 Å². The Hall–Kier alpha value is -9.96. The molecule has 11 rings (SSSR count). The molecule has 2 aromatic heterocycles. The first kappa shape index (κ1) is 50.2. The van der Waals surface area contributed by atoms with Crippen LogP contribution in [-0.2, 0) is 52.0 Å². The van der Waals surface area contributed by atoms with Crippen molar-refractivity contribution in [2.45, 2.75) is 52.0 Å². The van der Waals surface area contributed by atoms with Crippen molar-refractivity contribution in [2.75, 3.05) is 14.2 Å². The summed E-state index contributed by atoms with van der Waals surface area (Å²) >= 11 is 0. The van der Waals surface area contributed by atoms with Gasteiger partial charge in [0, 0.05) is 47.9 Å². The number of rotatable bonds is 16. The van der Waals surface area contributed by atoms with E-state index in [0.717, 1.165) is 33.4 Å². The van der Waals surface area contributed by atoms with Crippen LogP contribution < -0.4 is 18.9 Å². The molecule has 0 spiro atoms. The molecule has 0 radical (unpaired) electrons. The molecule has 2 N–H and O–H groups in total. The number of nitrogens with zero attached hydrogens (tertiary/aromatic N) is 10. The Labute approximate surface area is 450 Å². The van der Waals surface area contributed by atoms with Crippen molar-refractivity contribution in [1.82, 2.24) is 30.0 Å². The van der Waals surface area contributed by atoms with Crippen LogP contribution >= 0.6 is 0 Å². The van der Waals surface area contributed by atoms with Crippen LogP contribution in [0.3, 0.4) is 0 Å². The largest absolute Gasteiger partial charge is 0.507 e. The third kappa shape index (κ3) is 11.8. The van der Waals surface area contributed by atoms with Crippen LogP contribution in [0.5, 0.6) is 34.5 Å². The van der Waals surface area contributed by atoms with Crippen molar-refractivity contribution in [1.29, 1.82) is 0 Å². The van der Waals surface area contributed by atoms with Gasteiger partial charge in [-0.15, -0.1) is 20.4 Å². The van der Waals surface area contributed by atoms with Crippen LogP contribution in [-0.4, -0.2) is 54.4 Å². The van der Waals surface area contributed by atoms with Crippen molar-refractivity contribution in [3.8, 4) is 34.5 Å². The van der Waals surface area contributed by atoms with E-state index >= 15 is 0 Å². The summed E-state index contributed by atoms with van der Waals surface area (Å²) in [7, 11) is 3.19. The average Bonchev–Trinajstić information content (AvgIpc) is 4.13. The molecule has 16 nitrogen and oxygen atoms in total. The number of hydrogen-bond acceptors (Lipinski definition) is 14. The highest BCUT2D eigenvalue weighted by Crippen LogP contribution is 2.42. The van der Waals surface area contributed by atoms with E-state index < -0.39 is 0 Å². The van der Waals surface area contributed by atoms with Crippen molar-refractivity contribution in [2.24, 2.45) is 20.5 Å². The minimum atomic E-state index is 0.0895. The summed E-state index contributed by atoms with van der Waals surface area (Å²) in [5, 5.41) is 61.5. The number of para-hydroxylation sites is 4. The summed E-state index contributed by atoms with van der Waals surface area (Å²) in [6, 6.07) is 54.1. The molecule has 78 heavy (non-hydrogen) atoms. The van der Waals surface area contributed by atoms with E-state index in [1.165, 1.54) is 0 Å². The zero-order valence-corrected chi connectivity index (χ0v) is 43.0. The zero-order chi connectivity index (χ0) is 53.2. The third-order valence-corrected chi connectivity index (χ3v) is 13.4. The lowest BCUT2D eigenvalue weighted by Crippen LogP contribution is -2.07. The molecule has 388 valence electrons. The van der Waals surface area contributed by atoms with E-state index in [-0.39, 0.29) is 50.4 Å². The first-order chi connectivity index (χ1) is 38.3. The lowest BCUT2D eigenvalue weighted by molar-refractivity contribution is 0.295. The first-order valence-electron chi connectivity index (χ1n) is 25.4. The quantitative estimate of drug-likeness (QED) is 0.0881. The minimum absolute atomic E-state index is 0.0895. The number of fused-ring (bicyclic) bond motifs is 8. The second-order valence-corrected chi connectivity index (χ2v) is 18.9. The maximum atomic E-state index is 12.5. The van der Waals surface area contributed by atoms with Gasteiger partial charge >= 0.3 is 0 Å². The number of aromatic nitrogens is 6. The van der Waals surface area contributed by atoms with Crippen LogP contribution in [0.2, 0.25) is 0 Å². The molecule has 2 heterocycles. The van der Waals surface area contributed by atoms with Gasteiger partial charge in [-0.1, -0.05) is 132 Å². The van der Waals surface area contributed by atoms with Crippen molar-refractivity contribution in [3.63, 3.8) is 0 Å². The van der Waals surface area contributed by atoms with E-state index in [4.69, 9.17) is 29.2 Å². The van der Waals surface area contributed by atoms with E-state index in [1.54, 1.807) is 23.6 Å². The number of benzene rings is 8. The molecule has 0 saturated heterocycles. The topological polar surface area (TPSA) is 188 Å². The van der Waals surface area contributed by atoms with Gasteiger partial charge in [-0.3, -0.25) is 0 Å². The summed E-state index contributed by atoms with van der Waals surface area (Å²) in [6.45, 7) is 1.27. The molecule has 0 amide bonds. The Balaban J connectivity index is 1.03. The molecule has 1 aliphatic carbocycles. The summed E-state index contributed by atoms with van der Waals surface area (Å²) in [5.41, 5.74) is 11.0. The second kappa shape index (κ2) is 23.3. The highest BCUT2D eigenvalue weighted by Gasteiger charge is 2.23. The smallest absolute Gasteiger partial charge is 0.146 e. The van der Waals surface area contributed by atoms with Gasteiger partial charge in [0.2, 0.25) is 0 Å². The van der Waals surface area contributed by atoms with E-state index in [9.17, 15) is 10.2 Å². The van der Waals surface area contributed by atoms with E-state index in [0.29, 0.717) is 92.5 Å². The molecule has 0 unspecified atom stereocenters. The maximum absolute atomic E-state index is 12.5. The van der Waals surface area contributed by atoms with Crippen LogP contribution in [0.1, 0.15) is 67.0 Å². The van der Waals surface area contributed by atoms with Gasteiger partial charge in [-0.2, -0.15) is 10.2 Å². The van der Waals surface area contributed by atoms with Gasteiger partial charge in [0.15, 0.2) is 0 Å². The number of aromatic hydroxyl groups is 2. The molecular weight excluding hydrogens is 981 g/mol. The summed E-state index contributed by atoms with van der Waals surface area (Å²) in [5.74, 6) is 2.45. The monoisotopic (exact) mass is 1030 g/mol. The Bertz CT molecular complexity index is 3450. The Morgan fingerprint density at radius 3 is 1.15 bits per heavy atom. The zero-order valence-electron chi connectivity index (χ0n) is 43.0. The fourth-order valence-corrected chi connectivity index (χ4v) is 9.61. The number of phenols is 2. The first-order valence-corrected chi connectivity index (χ1v) is 25.4. The number of azo groups is 2. The van der Waals surface area contributed by atoms with E-state index in [1.807, 2.05) is 182 Å². The Morgan fingerprint density at radius 2 is 0.782 bits per heavy atom. The molecule has 16 heteroatoms. The van der Waals surface area contributed by atoms with Crippen molar-refractivity contribution < 1.29 is 29.2 Å². The molecule has 0 saturated carbocycles. The third-order valence-electron chi connectivity index (χ3n) is 13.4. The van der Waals surface area contributed by atoms with Crippen LogP contribution in [0, 0.1) is 0 Å². The Morgan fingerprint density at radius 1 is 0.423 bits per heavy atom. The molecule has 10 aromatic rings. The molecule has 0 atom stereocenters. The standard InChI is InChI=1S/C62H54N10O6/c1-75-57-25-11-9-23-55(57)67-63-51-31-47-27-43-19-13-21-45(61(43)77-39-53-37-71(69-65-53)35-41-15-5-3-6-16-41)29-49-33-52(64-68-56-24-10-12-26-58(56)76-2)34-50(60(49)74)30-46-22-14-20-44(28-48(32-51)59(47)73)62(46)78-40-54-38-72(70-66-54)36-42-17-7-4-8-18-42/h3-26,31-34,37-38,73-74H,27-30,35-36,39-40H2,1-2H3. The lowest BCUT2D eigenvalue weighted by atomic mass is 9.91. The van der Waals surface area contributed by atoms with Gasteiger partial charge in [0.25, 0.3) is 0 Å². The lowest BCUT2D eigenvalue weighted by Gasteiger charge is -2.20. The van der Waals surface area contributed by atoms with Crippen molar-refractivity contribution in [3.05, 3.63) is 249 Å². The van der Waals surface area contributed by atoms with Gasteiger partial charge < -0.3 is 29.2 Å². The summed E-state index contributed by atoms with van der Waals surface area (Å²) in [6.07, 6.45) is 4.66. The Kier molecular flexibility index (Phi) is 15.0. The number of ether oxygens (including phenoxy) is 4. The normalized spacial score (nSPS) is 12.2. The van der Waals surface area contributed by atoms with E-state index in [2.05, 4.69) is 30.9 Å². The highest BCUT2D eigenvalue weighted by atomic mass is 16.5. The molecule has 8 aromatic carbocycles. The number of methoxy groups -OCH3 is 2. The summed E-state index contributed by atoms with van der Waals surface area (Å²) < 4.78 is 28.4. The fraction of sp³-hybridized carbons (Fsp3) is 0.161. The van der Waals surface area contributed by atoms with Crippen LogP contribution in [0.4, 0.5) is 22.7 Å². The van der Waals surface area contributed by atoms with Crippen LogP contribution in [0.25, 0.3) is 0 Å². The van der Waals surface area contributed by atoms with Gasteiger partial charge in [-0.25, -0.2) is 9.36 Å². The minimum Gasteiger partial charge on any atom is -0.507 e. The highest BCUT2D eigenvalue weighted by molar-refractivity contribution is 5.62. The molecule has 8 bridgehead atoms. The number of phenolic OH excluding ortho intramolecular Hbond substituents is 2. The SMILES string of the molecule is COc1ccccc1N=Nc1cc2c(O)c(c1)Cc1cccc(c1OCc1cn(Cc3ccccc3)nn1)Cc1cc(N=Nc3ccccc3OC)cc(c1O)Cc1cccc(c1OCc1cn(Cc3ccccc3)nn1)C2.